The Hall–Kier alpha value is -6.12. The van der Waals surface area contributed by atoms with Gasteiger partial charge in [0.2, 0.25) is 0 Å². The predicted molar refractivity (Wildman–Crippen MR) is 194 cm³/mol. The lowest BCUT2D eigenvalue weighted by Gasteiger charge is -2.28. The fourth-order valence-corrected chi connectivity index (χ4v) is 6.79. The second kappa shape index (κ2) is 10.8. The van der Waals surface area contributed by atoms with Gasteiger partial charge in [-0.3, -0.25) is 0 Å². The summed E-state index contributed by atoms with van der Waals surface area (Å²) in [4.78, 5) is 2.38. The molecule has 0 saturated carbocycles. The second-order valence-electron chi connectivity index (χ2n) is 11.8. The highest BCUT2D eigenvalue weighted by Gasteiger charge is 2.19. The molecule has 0 radical (unpaired) electrons. The fourth-order valence-electron chi connectivity index (χ4n) is 6.79. The first-order valence-electron chi connectivity index (χ1n) is 15.7. The Kier molecular flexibility index (Phi) is 6.17. The van der Waals surface area contributed by atoms with Crippen LogP contribution >= 0.6 is 0 Å². The van der Waals surface area contributed by atoms with Gasteiger partial charge in [-0.05, 0) is 86.9 Å². The number of hydrogen-bond acceptors (Lipinski definition) is 2. The Morgan fingerprint density at radius 1 is 0.326 bits per heavy atom. The molecule has 2 heteroatoms. The summed E-state index contributed by atoms with van der Waals surface area (Å²) < 4.78 is 6.34. The van der Waals surface area contributed by atoms with Gasteiger partial charge in [0.15, 0.2) is 0 Å². The third kappa shape index (κ3) is 4.43. The van der Waals surface area contributed by atoms with Gasteiger partial charge in [0.25, 0.3) is 0 Å². The molecule has 0 amide bonds. The normalized spacial score (nSPS) is 11.5. The number of anilines is 3. The average Bonchev–Trinajstić information content (AvgIpc) is 3.50. The van der Waals surface area contributed by atoms with E-state index in [-0.39, 0.29) is 0 Å². The van der Waals surface area contributed by atoms with Crippen molar-refractivity contribution in [3.05, 3.63) is 176 Å². The molecule has 1 aromatic heterocycles. The Bertz CT molecular complexity index is 2410. The van der Waals surface area contributed by atoms with Crippen molar-refractivity contribution in [2.24, 2.45) is 0 Å². The second-order valence-corrected chi connectivity index (χ2v) is 11.8. The van der Waals surface area contributed by atoms with Crippen LogP contribution in [0.15, 0.2) is 180 Å². The molecule has 1 heterocycles. The van der Waals surface area contributed by atoms with E-state index in [0.717, 1.165) is 44.4 Å². The molecule has 2 nitrogen and oxygen atoms in total. The molecule has 0 aliphatic rings. The molecule has 216 valence electrons. The maximum atomic E-state index is 6.34. The van der Waals surface area contributed by atoms with Crippen molar-refractivity contribution in [3.63, 3.8) is 0 Å². The minimum Gasteiger partial charge on any atom is -0.456 e. The number of rotatable bonds is 5. The van der Waals surface area contributed by atoms with E-state index in [4.69, 9.17) is 4.42 Å². The van der Waals surface area contributed by atoms with Gasteiger partial charge in [-0.15, -0.1) is 0 Å². The molecule has 0 atom stereocenters. The van der Waals surface area contributed by atoms with Gasteiger partial charge in [-0.1, -0.05) is 127 Å². The number of benzene rings is 8. The van der Waals surface area contributed by atoms with Gasteiger partial charge < -0.3 is 9.32 Å². The third-order valence-electron chi connectivity index (χ3n) is 9.04. The zero-order valence-electron chi connectivity index (χ0n) is 25.1. The molecule has 8 aromatic carbocycles. The smallest absolute Gasteiger partial charge is 0.136 e. The zero-order valence-corrected chi connectivity index (χ0v) is 25.1. The number of para-hydroxylation sites is 1. The summed E-state index contributed by atoms with van der Waals surface area (Å²) >= 11 is 0. The summed E-state index contributed by atoms with van der Waals surface area (Å²) in [6, 6.07) is 62.8. The van der Waals surface area contributed by atoms with Crippen LogP contribution in [0, 0.1) is 0 Å². The van der Waals surface area contributed by atoms with Crippen LogP contribution in [0.3, 0.4) is 0 Å². The molecule has 0 unspecified atom stereocenters. The SMILES string of the molecule is c1ccc(-c2ccc(N(c3ccc(-c4ccccc4)cc3)c3cc4cc5oc6ccccc6c5cc4c4ccccc34)cc2)cc1. The highest BCUT2D eigenvalue weighted by atomic mass is 16.3. The van der Waals surface area contributed by atoms with Crippen molar-refractivity contribution >= 4 is 60.5 Å². The van der Waals surface area contributed by atoms with Crippen LogP contribution in [0.5, 0.6) is 0 Å². The molecule has 9 aromatic rings. The minimum absolute atomic E-state index is 0.904. The van der Waals surface area contributed by atoms with Gasteiger partial charge in [0.1, 0.15) is 11.2 Å². The van der Waals surface area contributed by atoms with E-state index >= 15 is 0 Å². The first kappa shape index (κ1) is 26.3. The monoisotopic (exact) mass is 587 g/mol. The lowest BCUT2D eigenvalue weighted by atomic mass is 9.97. The van der Waals surface area contributed by atoms with Crippen molar-refractivity contribution < 1.29 is 4.42 Å². The lowest BCUT2D eigenvalue weighted by molar-refractivity contribution is 0.669. The Labute approximate surface area is 267 Å². The molecule has 0 aliphatic heterocycles. The largest absolute Gasteiger partial charge is 0.456 e. The van der Waals surface area contributed by atoms with Crippen LogP contribution in [0.4, 0.5) is 17.1 Å². The first-order valence-corrected chi connectivity index (χ1v) is 15.7. The van der Waals surface area contributed by atoms with E-state index in [2.05, 4.69) is 169 Å². The molecule has 0 aliphatic carbocycles. The van der Waals surface area contributed by atoms with Crippen LogP contribution in [-0.4, -0.2) is 0 Å². The van der Waals surface area contributed by atoms with Crippen LogP contribution in [0.25, 0.3) is 65.7 Å². The van der Waals surface area contributed by atoms with Crippen molar-refractivity contribution in [1.29, 1.82) is 0 Å². The standard InChI is InChI=1S/C44H29NO/c1-3-11-30(12-4-1)32-19-23-35(24-20-32)45(36-25-21-33(22-26-36)31-13-5-2-6-14-31)42-27-34-28-44-41(39-17-9-10-18-43(39)46-44)29-40(34)37-15-7-8-16-38(37)42/h1-29H. The molecule has 0 bridgehead atoms. The minimum atomic E-state index is 0.904. The van der Waals surface area contributed by atoms with Crippen LogP contribution in [-0.2, 0) is 0 Å². The van der Waals surface area contributed by atoms with Crippen LogP contribution in [0.2, 0.25) is 0 Å². The Balaban J connectivity index is 1.27. The molecule has 0 saturated heterocycles. The van der Waals surface area contributed by atoms with Crippen molar-refractivity contribution in [2.45, 2.75) is 0 Å². The van der Waals surface area contributed by atoms with Crippen molar-refractivity contribution in [2.75, 3.05) is 4.90 Å². The van der Waals surface area contributed by atoms with E-state index in [1.165, 1.54) is 38.4 Å². The number of fused-ring (bicyclic) bond motifs is 6. The fraction of sp³-hybridized carbons (Fsp3) is 0. The maximum absolute atomic E-state index is 6.34. The summed E-state index contributed by atoms with van der Waals surface area (Å²) in [5.74, 6) is 0. The van der Waals surface area contributed by atoms with Gasteiger partial charge in [0, 0.05) is 27.5 Å². The molecular weight excluding hydrogens is 558 g/mol. The van der Waals surface area contributed by atoms with Crippen LogP contribution < -0.4 is 4.90 Å². The van der Waals surface area contributed by atoms with Gasteiger partial charge in [-0.2, -0.15) is 0 Å². The lowest BCUT2D eigenvalue weighted by Crippen LogP contribution is -2.10. The van der Waals surface area contributed by atoms with E-state index in [0.29, 0.717) is 0 Å². The van der Waals surface area contributed by atoms with Crippen molar-refractivity contribution in [1.82, 2.24) is 0 Å². The average molecular weight is 588 g/mol. The Morgan fingerprint density at radius 2 is 0.826 bits per heavy atom. The summed E-state index contributed by atoms with van der Waals surface area (Å²) in [5.41, 5.74) is 9.94. The highest BCUT2D eigenvalue weighted by Crippen LogP contribution is 2.44. The van der Waals surface area contributed by atoms with Crippen LogP contribution in [0.1, 0.15) is 0 Å². The van der Waals surface area contributed by atoms with E-state index < -0.39 is 0 Å². The van der Waals surface area contributed by atoms with Gasteiger partial charge >= 0.3 is 0 Å². The summed E-state index contributed by atoms with van der Waals surface area (Å²) in [7, 11) is 0. The molecular formula is C44H29NO. The van der Waals surface area contributed by atoms with E-state index in [1.54, 1.807) is 0 Å². The predicted octanol–water partition coefficient (Wildman–Crippen LogP) is 12.7. The van der Waals surface area contributed by atoms with Gasteiger partial charge in [-0.25, -0.2) is 0 Å². The molecule has 0 spiro atoms. The molecule has 0 N–H and O–H groups in total. The third-order valence-corrected chi connectivity index (χ3v) is 9.04. The Morgan fingerprint density at radius 3 is 1.43 bits per heavy atom. The first-order chi connectivity index (χ1) is 22.8. The zero-order chi connectivity index (χ0) is 30.5. The van der Waals surface area contributed by atoms with E-state index in [1.807, 2.05) is 12.1 Å². The quantitative estimate of drug-likeness (QED) is 0.186. The summed E-state index contributed by atoms with van der Waals surface area (Å²) in [5, 5.41) is 7.07. The maximum Gasteiger partial charge on any atom is 0.136 e. The highest BCUT2D eigenvalue weighted by molar-refractivity contribution is 6.19. The van der Waals surface area contributed by atoms with Gasteiger partial charge in [0.05, 0.1) is 5.69 Å². The molecule has 0 fully saturated rings. The summed E-state index contributed by atoms with van der Waals surface area (Å²) in [6.45, 7) is 0. The molecule has 9 rings (SSSR count). The van der Waals surface area contributed by atoms with E-state index in [9.17, 15) is 0 Å². The topological polar surface area (TPSA) is 16.4 Å². The number of furan rings is 1. The van der Waals surface area contributed by atoms with Crippen molar-refractivity contribution in [3.8, 4) is 22.3 Å². The summed E-state index contributed by atoms with van der Waals surface area (Å²) in [6.07, 6.45) is 0. The molecule has 46 heavy (non-hydrogen) atoms. The number of nitrogens with zero attached hydrogens (tertiary/aromatic N) is 1. The number of hydrogen-bond donors (Lipinski definition) is 0.